The predicted molar refractivity (Wildman–Crippen MR) is 76.6 cm³/mol. The lowest BCUT2D eigenvalue weighted by Crippen LogP contribution is -2.42. The van der Waals surface area contributed by atoms with Crippen molar-refractivity contribution in [1.29, 1.82) is 0 Å². The van der Waals surface area contributed by atoms with Gasteiger partial charge in [-0.05, 0) is 19.1 Å². The Morgan fingerprint density at radius 2 is 2.11 bits per heavy atom. The molecular formula is C13H24N5+. The first kappa shape index (κ1) is 14.3. The van der Waals surface area contributed by atoms with Crippen molar-refractivity contribution in [2.45, 2.75) is 6.92 Å². The van der Waals surface area contributed by atoms with Crippen LogP contribution in [-0.2, 0) is 0 Å². The number of quaternary nitrogens is 1. The van der Waals surface area contributed by atoms with Crippen molar-refractivity contribution >= 4 is 11.5 Å². The Hall–Kier alpha value is -1.75. The molecule has 18 heavy (non-hydrogen) atoms. The van der Waals surface area contributed by atoms with Crippen LogP contribution in [0.3, 0.4) is 0 Å². The molecule has 0 saturated carbocycles. The molecule has 0 radical (unpaired) electrons. The number of hydrogen-bond donors (Lipinski definition) is 3. The lowest BCUT2D eigenvalue weighted by Gasteiger charge is -2.28. The molecule has 0 unspecified atom stereocenters. The molecule has 1 aromatic rings. The summed E-state index contributed by atoms with van der Waals surface area (Å²) in [7, 11) is 4.41. The minimum atomic E-state index is 0.653. The van der Waals surface area contributed by atoms with E-state index >= 15 is 0 Å². The van der Waals surface area contributed by atoms with Gasteiger partial charge in [0, 0.05) is 6.20 Å². The average molecular weight is 250 g/mol. The van der Waals surface area contributed by atoms with Crippen LogP contribution in [0.1, 0.15) is 6.92 Å². The maximum absolute atomic E-state index is 5.96. The van der Waals surface area contributed by atoms with Crippen LogP contribution in [0.15, 0.2) is 30.5 Å². The molecule has 0 saturated heterocycles. The van der Waals surface area contributed by atoms with E-state index in [0.29, 0.717) is 5.69 Å². The first-order valence-corrected chi connectivity index (χ1v) is 6.23. The molecule has 4 N–H and O–H groups in total. The minimum absolute atomic E-state index is 0.653. The largest absolute Gasteiger partial charge is 0.396 e. The molecule has 1 heterocycles. The third-order valence-electron chi connectivity index (χ3n) is 3.00. The highest BCUT2D eigenvalue weighted by atomic mass is 15.3. The molecule has 0 atom stereocenters. The molecule has 1 aromatic heterocycles. The van der Waals surface area contributed by atoms with Gasteiger partial charge in [-0.3, -0.25) is 5.10 Å². The Balaban J connectivity index is 2.71. The van der Waals surface area contributed by atoms with Crippen LogP contribution in [0.25, 0.3) is 0 Å². The van der Waals surface area contributed by atoms with Crippen molar-refractivity contribution in [1.82, 2.24) is 10.2 Å². The Bertz CT molecular complexity index is 410. The highest BCUT2D eigenvalue weighted by Gasteiger charge is 2.10. The van der Waals surface area contributed by atoms with Gasteiger partial charge >= 0.3 is 0 Å². The molecule has 0 spiro atoms. The number of aromatic nitrogens is 2. The van der Waals surface area contributed by atoms with Gasteiger partial charge in [-0.2, -0.15) is 5.10 Å². The highest BCUT2D eigenvalue weighted by molar-refractivity contribution is 5.58. The number of rotatable bonds is 5. The van der Waals surface area contributed by atoms with E-state index in [1.807, 2.05) is 24.3 Å². The van der Waals surface area contributed by atoms with Crippen molar-refractivity contribution in [2.75, 3.05) is 44.8 Å². The number of anilines is 2. The fourth-order valence-corrected chi connectivity index (χ4v) is 1.35. The van der Waals surface area contributed by atoms with Crippen molar-refractivity contribution in [3.8, 4) is 0 Å². The monoisotopic (exact) mass is 250 g/mol. The molecule has 5 heteroatoms. The maximum Gasteiger partial charge on any atom is 0.143 e. The first-order chi connectivity index (χ1) is 8.55. The van der Waals surface area contributed by atoms with E-state index in [1.165, 1.54) is 0 Å². The number of hydrogen-bond acceptors (Lipinski definition) is 3. The molecule has 0 bridgehead atoms. The summed E-state index contributed by atoms with van der Waals surface area (Å²) in [4.78, 5) is 0. The van der Waals surface area contributed by atoms with Crippen LogP contribution in [-0.4, -0.2) is 48.4 Å². The van der Waals surface area contributed by atoms with Crippen molar-refractivity contribution in [3.63, 3.8) is 0 Å². The second-order valence-corrected chi connectivity index (χ2v) is 4.87. The molecule has 0 fully saturated rings. The zero-order valence-corrected chi connectivity index (χ0v) is 11.5. The Morgan fingerprint density at radius 3 is 2.83 bits per heavy atom. The zero-order chi connectivity index (χ0) is 13.4. The van der Waals surface area contributed by atoms with Gasteiger partial charge in [-0.25, -0.2) is 0 Å². The summed E-state index contributed by atoms with van der Waals surface area (Å²) in [6.07, 6.45) is 1.69. The van der Waals surface area contributed by atoms with Crippen LogP contribution in [0.2, 0.25) is 0 Å². The van der Waals surface area contributed by atoms with Crippen LogP contribution in [0.5, 0.6) is 0 Å². The van der Waals surface area contributed by atoms with E-state index in [4.69, 9.17) is 5.73 Å². The topological polar surface area (TPSA) is 66.7 Å². The van der Waals surface area contributed by atoms with Gasteiger partial charge in [0.2, 0.25) is 0 Å². The SMILES string of the molecule is CC[N+](C)(C)CCNc1[nH]ncccccc1N. The lowest BCUT2D eigenvalue weighted by molar-refractivity contribution is -0.886. The van der Waals surface area contributed by atoms with Crippen LogP contribution < -0.4 is 11.1 Å². The molecule has 0 aliphatic rings. The summed E-state index contributed by atoms with van der Waals surface area (Å²) in [6, 6.07) is 7.47. The van der Waals surface area contributed by atoms with E-state index < -0.39 is 0 Å². The summed E-state index contributed by atoms with van der Waals surface area (Å²) in [5, 5.41) is 10.3. The maximum atomic E-state index is 5.96. The van der Waals surface area contributed by atoms with E-state index in [9.17, 15) is 0 Å². The fourth-order valence-electron chi connectivity index (χ4n) is 1.35. The number of nitrogen functional groups attached to an aromatic ring is 1. The van der Waals surface area contributed by atoms with Gasteiger partial charge in [0.15, 0.2) is 0 Å². The average Bonchev–Trinajstić information content (AvgIpc) is 2.43. The Labute approximate surface area is 109 Å². The molecular weight excluding hydrogens is 226 g/mol. The van der Waals surface area contributed by atoms with Gasteiger partial charge in [0.05, 0.1) is 39.4 Å². The Morgan fingerprint density at radius 1 is 1.33 bits per heavy atom. The summed E-state index contributed by atoms with van der Waals surface area (Å²) in [6.45, 7) is 5.16. The van der Waals surface area contributed by atoms with Gasteiger partial charge in [-0.1, -0.05) is 12.1 Å². The van der Waals surface area contributed by atoms with E-state index in [2.05, 4.69) is 36.5 Å². The predicted octanol–water partition coefficient (Wildman–Crippen LogP) is 1.62. The summed E-state index contributed by atoms with van der Waals surface area (Å²) >= 11 is 0. The summed E-state index contributed by atoms with van der Waals surface area (Å²) < 4.78 is 0.973. The van der Waals surface area contributed by atoms with E-state index in [0.717, 1.165) is 29.9 Å². The third kappa shape index (κ3) is 5.05. The normalized spacial score (nSPS) is 10.8. The second kappa shape index (κ2) is 6.86. The number of aromatic amines is 1. The number of nitrogens with zero attached hydrogens (tertiary/aromatic N) is 2. The van der Waals surface area contributed by atoms with Crippen molar-refractivity contribution < 1.29 is 4.48 Å². The van der Waals surface area contributed by atoms with Gasteiger partial charge in [0.1, 0.15) is 5.82 Å². The fraction of sp³-hybridized carbons (Fsp3) is 0.462. The quantitative estimate of drug-likeness (QED) is 0.696. The molecule has 5 nitrogen and oxygen atoms in total. The number of H-pyrrole nitrogens is 1. The molecule has 1 rings (SSSR count). The van der Waals surface area contributed by atoms with Crippen molar-refractivity contribution in [2.24, 2.45) is 0 Å². The molecule has 0 aliphatic heterocycles. The standard InChI is InChI=1S/C13H24N5/c1-4-18(2,3)11-10-15-13-12(14)8-6-5-7-9-16-17-13/h5-9,15,17H,4,10-11,14H2,1-3H3/q+1. The van der Waals surface area contributed by atoms with E-state index in [1.54, 1.807) is 6.20 Å². The number of nitrogens with one attached hydrogen (secondary N) is 2. The van der Waals surface area contributed by atoms with Crippen molar-refractivity contribution in [3.05, 3.63) is 30.5 Å². The first-order valence-electron chi connectivity index (χ1n) is 6.23. The highest BCUT2D eigenvalue weighted by Crippen LogP contribution is 2.10. The molecule has 0 amide bonds. The van der Waals surface area contributed by atoms with Crippen LogP contribution in [0.4, 0.5) is 11.5 Å². The van der Waals surface area contributed by atoms with Crippen LogP contribution >= 0.6 is 0 Å². The molecule has 0 aliphatic carbocycles. The number of nitrogens with two attached hydrogens (primary N) is 1. The lowest BCUT2D eigenvalue weighted by atomic mass is 10.4. The number of likely N-dealkylation sites (N-methyl/N-ethyl adjacent to an activating group) is 1. The summed E-state index contributed by atoms with van der Waals surface area (Å²) in [5.41, 5.74) is 6.61. The smallest absolute Gasteiger partial charge is 0.143 e. The van der Waals surface area contributed by atoms with Crippen LogP contribution in [0, 0.1) is 0 Å². The van der Waals surface area contributed by atoms with E-state index in [-0.39, 0.29) is 0 Å². The van der Waals surface area contributed by atoms with Gasteiger partial charge in [0.25, 0.3) is 0 Å². The van der Waals surface area contributed by atoms with Gasteiger partial charge < -0.3 is 15.5 Å². The summed E-state index contributed by atoms with van der Waals surface area (Å²) in [5.74, 6) is 0.752. The minimum Gasteiger partial charge on any atom is -0.396 e. The van der Waals surface area contributed by atoms with Gasteiger partial charge in [-0.15, -0.1) is 0 Å². The molecule has 0 aromatic carbocycles. The second-order valence-electron chi connectivity index (χ2n) is 4.87. The Kier molecular flexibility index (Phi) is 5.45. The third-order valence-corrected chi connectivity index (χ3v) is 3.00. The molecule has 100 valence electrons. The zero-order valence-electron chi connectivity index (χ0n) is 11.5.